The van der Waals surface area contributed by atoms with Crippen LogP contribution in [0.15, 0.2) is 24.3 Å². The molecule has 0 radical (unpaired) electrons. The van der Waals surface area contributed by atoms with E-state index in [4.69, 9.17) is 0 Å². The first-order valence-electron chi connectivity index (χ1n) is 8.43. The third kappa shape index (κ3) is 4.24. The number of carbonyl (C=O) groups is 2. The zero-order chi connectivity index (χ0) is 16.8. The Kier molecular flexibility index (Phi) is 6.02. The van der Waals surface area contributed by atoms with Crippen molar-refractivity contribution in [3.05, 3.63) is 24.3 Å². The van der Waals surface area contributed by atoms with E-state index in [0.717, 1.165) is 31.6 Å². The topological polar surface area (TPSA) is 72.5 Å². The summed E-state index contributed by atoms with van der Waals surface area (Å²) in [6.45, 7) is 6.06. The molecular formula is C18H25N2O3-. The standard InChI is InChI=1S/C18H26N2O3/c1-3-20(4-2)14-11-9-13(10-12-14)19-17(21)15-7-5-6-8-16(15)18(22)23/h9-12,15-16H,3-8H2,1-2H3,(H,19,21)(H,22,23)/p-1/t15-,16+/m0/s1. The number of hydrogen-bond acceptors (Lipinski definition) is 4. The van der Waals surface area contributed by atoms with E-state index in [1.807, 2.05) is 24.3 Å². The van der Waals surface area contributed by atoms with Gasteiger partial charge in [-0.05, 0) is 51.0 Å². The van der Waals surface area contributed by atoms with Gasteiger partial charge in [0.1, 0.15) is 0 Å². The highest BCUT2D eigenvalue weighted by atomic mass is 16.4. The molecule has 1 aromatic rings. The molecule has 0 aromatic heterocycles. The number of rotatable bonds is 6. The fraction of sp³-hybridized carbons (Fsp3) is 0.556. The maximum atomic E-state index is 12.4. The first-order valence-corrected chi connectivity index (χ1v) is 8.43. The summed E-state index contributed by atoms with van der Waals surface area (Å²) in [4.78, 5) is 25.8. The number of hydrogen-bond donors (Lipinski definition) is 1. The van der Waals surface area contributed by atoms with E-state index in [1.165, 1.54) is 0 Å². The van der Waals surface area contributed by atoms with Crippen LogP contribution in [0.1, 0.15) is 39.5 Å². The number of nitrogens with one attached hydrogen (secondary N) is 1. The molecule has 5 nitrogen and oxygen atoms in total. The molecule has 1 saturated carbocycles. The number of aliphatic carboxylic acids is 1. The predicted molar refractivity (Wildman–Crippen MR) is 89.1 cm³/mol. The molecule has 23 heavy (non-hydrogen) atoms. The van der Waals surface area contributed by atoms with E-state index < -0.39 is 17.8 Å². The lowest BCUT2D eigenvalue weighted by molar-refractivity contribution is -0.313. The molecule has 0 unspecified atom stereocenters. The Morgan fingerprint density at radius 3 is 2.17 bits per heavy atom. The Morgan fingerprint density at radius 1 is 1.09 bits per heavy atom. The van der Waals surface area contributed by atoms with Crippen LogP contribution in [0, 0.1) is 11.8 Å². The van der Waals surface area contributed by atoms with Crippen LogP contribution in [0.25, 0.3) is 0 Å². The molecule has 1 aromatic carbocycles. The summed E-state index contributed by atoms with van der Waals surface area (Å²) in [6, 6.07) is 7.67. The van der Waals surface area contributed by atoms with Gasteiger partial charge in [-0.15, -0.1) is 0 Å². The normalized spacial score (nSPS) is 20.8. The molecule has 126 valence electrons. The molecule has 2 rings (SSSR count). The van der Waals surface area contributed by atoms with Crippen LogP contribution in [0.3, 0.4) is 0 Å². The van der Waals surface area contributed by atoms with Crippen molar-refractivity contribution in [1.82, 2.24) is 0 Å². The molecule has 2 atom stereocenters. The van der Waals surface area contributed by atoms with E-state index in [9.17, 15) is 14.7 Å². The maximum Gasteiger partial charge on any atom is 0.228 e. The van der Waals surface area contributed by atoms with Gasteiger partial charge in [-0.2, -0.15) is 0 Å². The van der Waals surface area contributed by atoms with Crippen LogP contribution < -0.4 is 15.3 Å². The minimum atomic E-state index is -1.11. The van der Waals surface area contributed by atoms with E-state index in [1.54, 1.807) is 0 Å². The van der Waals surface area contributed by atoms with Crippen LogP contribution in [-0.4, -0.2) is 25.0 Å². The second-order valence-corrected chi connectivity index (χ2v) is 6.02. The molecule has 0 heterocycles. The summed E-state index contributed by atoms with van der Waals surface area (Å²) in [5.74, 6) is -2.48. The number of carboxylic acids is 1. The molecule has 1 aliphatic rings. The third-order valence-electron chi connectivity index (χ3n) is 4.67. The Hall–Kier alpha value is -2.04. The SMILES string of the molecule is CCN(CC)c1ccc(NC(=O)[C@H]2CCCC[C@H]2C(=O)[O-])cc1. The number of anilines is 2. The van der Waals surface area contributed by atoms with Gasteiger partial charge in [-0.25, -0.2) is 0 Å². The first-order chi connectivity index (χ1) is 11.1. The molecule has 1 fully saturated rings. The van der Waals surface area contributed by atoms with Crippen molar-refractivity contribution in [3.63, 3.8) is 0 Å². The van der Waals surface area contributed by atoms with Gasteiger partial charge in [0.25, 0.3) is 0 Å². The average molecular weight is 317 g/mol. The van der Waals surface area contributed by atoms with Crippen LogP contribution in [-0.2, 0) is 9.59 Å². The van der Waals surface area contributed by atoms with Gasteiger partial charge in [0.2, 0.25) is 5.91 Å². The Labute approximate surface area is 137 Å². The second kappa shape index (κ2) is 7.99. The Balaban J connectivity index is 2.03. The van der Waals surface area contributed by atoms with E-state index in [2.05, 4.69) is 24.1 Å². The fourth-order valence-corrected chi connectivity index (χ4v) is 3.31. The number of benzene rings is 1. The maximum absolute atomic E-state index is 12.4. The van der Waals surface area contributed by atoms with Gasteiger partial charge in [0.05, 0.1) is 0 Å². The average Bonchev–Trinajstić information content (AvgIpc) is 2.57. The van der Waals surface area contributed by atoms with Crippen LogP contribution in [0.2, 0.25) is 0 Å². The molecule has 1 aliphatic carbocycles. The van der Waals surface area contributed by atoms with Gasteiger partial charge in [-0.1, -0.05) is 12.8 Å². The monoisotopic (exact) mass is 317 g/mol. The van der Waals surface area contributed by atoms with Crippen molar-refractivity contribution < 1.29 is 14.7 Å². The van der Waals surface area contributed by atoms with Crippen molar-refractivity contribution in [2.45, 2.75) is 39.5 Å². The lowest BCUT2D eigenvalue weighted by Crippen LogP contribution is -2.42. The minimum absolute atomic E-state index is 0.213. The highest BCUT2D eigenvalue weighted by molar-refractivity contribution is 5.95. The summed E-state index contributed by atoms with van der Waals surface area (Å²) in [5.41, 5.74) is 1.81. The Bertz CT molecular complexity index is 538. The van der Waals surface area contributed by atoms with Crippen LogP contribution in [0.5, 0.6) is 0 Å². The summed E-state index contributed by atoms with van der Waals surface area (Å²) >= 11 is 0. The number of carboxylic acid groups (broad SMARTS) is 1. The van der Waals surface area contributed by atoms with Crippen molar-refractivity contribution in [1.29, 1.82) is 0 Å². The molecule has 0 bridgehead atoms. The number of amides is 1. The summed E-state index contributed by atoms with van der Waals surface area (Å²) in [7, 11) is 0. The highest BCUT2D eigenvalue weighted by Gasteiger charge is 2.31. The van der Waals surface area contributed by atoms with Crippen molar-refractivity contribution >= 4 is 23.3 Å². The van der Waals surface area contributed by atoms with Gasteiger partial charge >= 0.3 is 0 Å². The van der Waals surface area contributed by atoms with E-state index in [-0.39, 0.29) is 5.91 Å². The van der Waals surface area contributed by atoms with Crippen molar-refractivity contribution in [2.75, 3.05) is 23.3 Å². The summed E-state index contributed by atoms with van der Waals surface area (Å²) in [6.07, 6.45) is 2.88. The van der Waals surface area contributed by atoms with Gasteiger partial charge < -0.3 is 20.1 Å². The molecular weight excluding hydrogens is 292 g/mol. The van der Waals surface area contributed by atoms with E-state index >= 15 is 0 Å². The molecule has 1 amide bonds. The van der Waals surface area contributed by atoms with Crippen LogP contribution >= 0.6 is 0 Å². The summed E-state index contributed by atoms with van der Waals surface area (Å²) < 4.78 is 0. The zero-order valence-electron chi connectivity index (χ0n) is 13.9. The van der Waals surface area contributed by atoms with Crippen LogP contribution in [0.4, 0.5) is 11.4 Å². The van der Waals surface area contributed by atoms with Gasteiger partial charge in [0, 0.05) is 42.3 Å². The number of nitrogens with zero attached hydrogens (tertiary/aromatic N) is 1. The van der Waals surface area contributed by atoms with E-state index in [0.29, 0.717) is 18.5 Å². The first kappa shape index (κ1) is 17.3. The quantitative estimate of drug-likeness (QED) is 0.871. The van der Waals surface area contributed by atoms with Crippen molar-refractivity contribution in [3.8, 4) is 0 Å². The zero-order valence-corrected chi connectivity index (χ0v) is 13.9. The lowest BCUT2D eigenvalue weighted by atomic mass is 9.78. The minimum Gasteiger partial charge on any atom is -0.550 e. The highest BCUT2D eigenvalue weighted by Crippen LogP contribution is 2.31. The smallest absolute Gasteiger partial charge is 0.228 e. The Morgan fingerprint density at radius 2 is 1.65 bits per heavy atom. The lowest BCUT2D eigenvalue weighted by Gasteiger charge is -2.31. The predicted octanol–water partition coefficient (Wildman–Crippen LogP) is 2.03. The molecule has 1 N–H and O–H groups in total. The molecule has 0 saturated heterocycles. The second-order valence-electron chi connectivity index (χ2n) is 6.02. The molecule has 0 spiro atoms. The van der Waals surface area contributed by atoms with Gasteiger partial charge in [0.15, 0.2) is 0 Å². The largest absolute Gasteiger partial charge is 0.550 e. The fourth-order valence-electron chi connectivity index (χ4n) is 3.31. The summed E-state index contributed by atoms with van der Waals surface area (Å²) in [5, 5.41) is 14.1. The van der Waals surface area contributed by atoms with Gasteiger partial charge in [-0.3, -0.25) is 4.79 Å². The molecule has 0 aliphatic heterocycles. The number of carbonyl (C=O) groups excluding carboxylic acids is 2. The third-order valence-corrected chi connectivity index (χ3v) is 4.67. The molecule has 5 heteroatoms. The van der Waals surface area contributed by atoms with Crippen molar-refractivity contribution in [2.24, 2.45) is 11.8 Å².